The minimum Gasteiger partial charge on any atom is -0.496 e. The van der Waals surface area contributed by atoms with Crippen LogP contribution in [-0.2, 0) is 13.1 Å². The number of methoxy groups -OCH3 is 1. The minimum atomic E-state index is -0.0808. The second kappa shape index (κ2) is 8.17. The fourth-order valence-corrected chi connectivity index (χ4v) is 4.27. The van der Waals surface area contributed by atoms with E-state index in [0.717, 1.165) is 33.8 Å². The van der Waals surface area contributed by atoms with Gasteiger partial charge in [0.05, 0.1) is 18.2 Å². The number of hydrogen-bond donors (Lipinski definition) is 0. The Kier molecular flexibility index (Phi) is 5.19. The maximum absolute atomic E-state index is 13.2. The average Bonchev–Trinajstić information content (AvgIpc) is 3.13. The predicted octanol–water partition coefficient (Wildman–Crippen LogP) is 5.28. The van der Waals surface area contributed by atoms with E-state index < -0.39 is 0 Å². The van der Waals surface area contributed by atoms with E-state index >= 15 is 0 Å². The Morgan fingerprint density at radius 3 is 2.66 bits per heavy atom. The molecule has 3 aromatic carbocycles. The van der Waals surface area contributed by atoms with Gasteiger partial charge in [-0.25, -0.2) is 0 Å². The summed E-state index contributed by atoms with van der Waals surface area (Å²) in [6.45, 7) is 5.73. The molecule has 0 radical (unpaired) electrons. The molecule has 0 bridgehead atoms. The van der Waals surface area contributed by atoms with Crippen molar-refractivity contribution in [1.29, 1.82) is 0 Å². The zero-order valence-corrected chi connectivity index (χ0v) is 18.5. The van der Waals surface area contributed by atoms with Gasteiger partial charge in [-0.05, 0) is 43.2 Å². The largest absolute Gasteiger partial charge is 0.496 e. The lowest BCUT2D eigenvalue weighted by atomic mass is 9.98. The summed E-state index contributed by atoms with van der Waals surface area (Å²) < 4.78 is 17.7. The summed E-state index contributed by atoms with van der Waals surface area (Å²) in [6.07, 6.45) is 1.81. The van der Waals surface area contributed by atoms with Gasteiger partial charge in [0.2, 0.25) is 5.78 Å². The molecule has 2 aliphatic rings. The first kappa shape index (κ1) is 20.3. The van der Waals surface area contributed by atoms with Gasteiger partial charge < -0.3 is 14.2 Å². The second-order valence-corrected chi connectivity index (χ2v) is 8.30. The first-order valence-electron chi connectivity index (χ1n) is 10.7. The highest BCUT2D eigenvalue weighted by atomic mass is 16.5. The number of para-hydroxylation sites is 1. The number of Topliss-reactive ketones (excluding diaryl/α,β-unsaturated/α-hetero) is 1. The Labute approximate surface area is 187 Å². The fourth-order valence-electron chi connectivity index (χ4n) is 4.27. The second-order valence-electron chi connectivity index (χ2n) is 8.30. The van der Waals surface area contributed by atoms with E-state index in [1.165, 1.54) is 5.56 Å². The van der Waals surface area contributed by atoms with Crippen LogP contribution in [-0.4, -0.2) is 24.5 Å². The molecule has 162 valence electrons. The molecule has 0 saturated carbocycles. The molecule has 5 rings (SSSR count). The number of carbonyl (C=O) groups is 1. The van der Waals surface area contributed by atoms with Crippen LogP contribution in [0, 0.1) is 13.8 Å². The molecule has 0 atom stereocenters. The molecule has 5 heteroatoms. The van der Waals surface area contributed by atoms with E-state index in [1.54, 1.807) is 7.11 Å². The van der Waals surface area contributed by atoms with Crippen molar-refractivity contribution in [2.45, 2.75) is 26.9 Å². The maximum Gasteiger partial charge on any atom is 0.232 e. The molecule has 0 spiro atoms. The Balaban J connectivity index is 1.46. The molecule has 0 unspecified atom stereocenters. The van der Waals surface area contributed by atoms with Crippen LogP contribution in [0.25, 0.3) is 6.08 Å². The van der Waals surface area contributed by atoms with Crippen molar-refractivity contribution in [2.24, 2.45) is 0 Å². The lowest BCUT2D eigenvalue weighted by Crippen LogP contribution is -2.32. The Morgan fingerprint density at radius 2 is 1.88 bits per heavy atom. The first-order chi connectivity index (χ1) is 15.5. The zero-order valence-electron chi connectivity index (χ0n) is 18.5. The van der Waals surface area contributed by atoms with Gasteiger partial charge in [0, 0.05) is 18.7 Å². The van der Waals surface area contributed by atoms with Crippen LogP contribution in [0.15, 0.2) is 60.4 Å². The van der Waals surface area contributed by atoms with Crippen LogP contribution in [0.4, 0.5) is 0 Å². The van der Waals surface area contributed by atoms with Gasteiger partial charge in [-0.2, -0.15) is 0 Å². The van der Waals surface area contributed by atoms with Crippen molar-refractivity contribution in [3.63, 3.8) is 0 Å². The average molecular weight is 428 g/mol. The van der Waals surface area contributed by atoms with Crippen LogP contribution in [0.1, 0.15) is 38.2 Å². The zero-order chi connectivity index (χ0) is 22.2. The maximum atomic E-state index is 13.2. The quantitative estimate of drug-likeness (QED) is 0.530. The van der Waals surface area contributed by atoms with Crippen molar-refractivity contribution in [3.05, 3.63) is 93.7 Å². The van der Waals surface area contributed by atoms with Crippen LogP contribution >= 0.6 is 0 Å². The lowest BCUT2D eigenvalue weighted by molar-refractivity contribution is 0.0864. The third kappa shape index (κ3) is 3.65. The molecular weight excluding hydrogens is 402 g/mol. The standard InChI is InChI=1S/C27H25NO4/c1-17-8-10-19(11-9-17)13-24-26(29)25-18(2)12-23-21(27(25)32-24)15-28(16-31-23)14-20-6-4-5-7-22(20)30-3/h4-13H,14-16H2,1-3H3/b24-13-. The van der Waals surface area contributed by atoms with Gasteiger partial charge in [0.25, 0.3) is 0 Å². The Hall–Kier alpha value is -3.57. The highest BCUT2D eigenvalue weighted by molar-refractivity contribution is 6.15. The normalized spacial score (nSPS) is 16.3. The van der Waals surface area contributed by atoms with E-state index in [1.807, 2.05) is 68.5 Å². The van der Waals surface area contributed by atoms with Crippen LogP contribution in [0.2, 0.25) is 0 Å². The molecule has 5 nitrogen and oxygen atoms in total. The molecule has 3 aromatic rings. The number of ketones is 1. The van der Waals surface area contributed by atoms with Crippen LogP contribution in [0.5, 0.6) is 17.2 Å². The van der Waals surface area contributed by atoms with Gasteiger partial charge in [0.15, 0.2) is 5.76 Å². The number of benzene rings is 3. The van der Waals surface area contributed by atoms with Gasteiger partial charge >= 0.3 is 0 Å². The minimum absolute atomic E-state index is 0.0808. The van der Waals surface area contributed by atoms with Gasteiger partial charge in [-0.3, -0.25) is 9.69 Å². The van der Waals surface area contributed by atoms with E-state index in [9.17, 15) is 4.79 Å². The predicted molar refractivity (Wildman–Crippen MR) is 123 cm³/mol. The molecule has 32 heavy (non-hydrogen) atoms. The molecule has 0 fully saturated rings. The summed E-state index contributed by atoms with van der Waals surface area (Å²) in [5.41, 5.74) is 5.60. The van der Waals surface area contributed by atoms with Crippen LogP contribution < -0.4 is 14.2 Å². The van der Waals surface area contributed by atoms with Crippen LogP contribution in [0.3, 0.4) is 0 Å². The first-order valence-corrected chi connectivity index (χ1v) is 10.7. The number of aryl methyl sites for hydroxylation is 2. The summed E-state index contributed by atoms with van der Waals surface area (Å²) in [5.74, 6) is 2.52. The number of carbonyl (C=O) groups excluding carboxylic acids is 1. The molecular formula is C27H25NO4. The molecule has 0 amide bonds. The van der Waals surface area contributed by atoms with Crippen molar-refractivity contribution < 1.29 is 19.0 Å². The van der Waals surface area contributed by atoms with Crippen molar-refractivity contribution >= 4 is 11.9 Å². The monoisotopic (exact) mass is 427 g/mol. The van der Waals surface area contributed by atoms with Crippen molar-refractivity contribution in [3.8, 4) is 17.2 Å². The Morgan fingerprint density at radius 1 is 1.09 bits per heavy atom. The summed E-state index contributed by atoms with van der Waals surface area (Å²) in [7, 11) is 1.68. The number of nitrogens with zero attached hydrogens (tertiary/aromatic N) is 1. The van der Waals surface area contributed by atoms with E-state index in [-0.39, 0.29) is 5.78 Å². The number of fused-ring (bicyclic) bond motifs is 3. The molecule has 0 N–H and O–H groups in total. The molecule has 0 saturated heterocycles. The van der Waals surface area contributed by atoms with E-state index in [0.29, 0.717) is 36.9 Å². The number of hydrogen-bond acceptors (Lipinski definition) is 5. The molecule has 0 aliphatic carbocycles. The number of rotatable bonds is 4. The third-order valence-electron chi connectivity index (χ3n) is 5.95. The van der Waals surface area contributed by atoms with Gasteiger partial charge in [-0.1, -0.05) is 48.0 Å². The summed E-state index contributed by atoms with van der Waals surface area (Å²) in [5, 5.41) is 0. The van der Waals surface area contributed by atoms with Gasteiger partial charge in [-0.15, -0.1) is 0 Å². The van der Waals surface area contributed by atoms with E-state index in [4.69, 9.17) is 14.2 Å². The van der Waals surface area contributed by atoms with Crippen molar-refractivity contribution in [1.82, 2.24) is 4.90 Å². The number of allylic oxidation sites excluding steroid dienone is 1. The van der Waals surface area contributed by atoms with Gasteiger partial charge in [0.1, 0.15) is 24.0 Å². The summed E-state index contributed by atoms with van der Waals surface area (Å²) in [6, 6.07) is 17.9. The Bertz CT molecular complexity index is 1230. The van der Waals surface area contributed by atoms with E-state index in [2.05, 4.69) is 11.0 Å². The fraction of sp³-hybridized carbons (Fsp3) is 0.222. The smallest absolute Gasteiger partial charge is 0.232 e. The lowest BCUT2D eigenvalue weighted by Gasteiger charge is -2.30. The highest BCUT2D eigenvalue weighted by Gasteiger charge is 2.35. The third-order valence-corrected chi connectivity index (χ3v) is 5.95. The molecule has 2 aliphatic heterocycles. The SMILES string of the molecule is COc1ccccc1CN1COc2cc(C)c3c(c2C1)O/C(=C\c1ccc(C)cc1)C3=O. The topological polar surface area (TPSA) is 48.0 Å². The highest BCUT2D eigenvalue weighted by Crippen LogP contribution is 2.44. The summed E-state index contributed by atoms with van der Waals surface area (Å²) >= 11 is 0. The summed E-state index contributed by atoms with van der Waals surface area (Å²) in [4.78, 5) is 15.3. The number of ether oxygens (including phenoxy) is 3. The molecule has 2 heterocycles. The molecule has 0 aromatic heterocycles. The van der Waals surface area contributed by atoms with Crippen molar-refractivity contribution in [2.75, 3.05) is 13.8 Å².